The Morgan fingerprint density at radius 2 is 1.91 bits per heavy atom. The molecule has 0 radical (unpaired) electrons. The van der Waals surface area contributed by atoms with Gasteiger partial charge in [0.1, 0.15) is 0 Å². The summed E-state index contributed by atoms with van der Waals surface area (Å²) >= 11 is 12.0. The summed E-state index contributed by atoms with van der Waals surface area (Å²) in [6, 6.07) is 5.41. The Hall–Kier alpha value is -0.480. The Labute approximate surface area is 154 Å². The van der Waals surface area contributed by atoms with Crippen molar-refractivity contribution in [2.75, 3.05) is 13.1 Å². The number of amides is 1. The van der Waals surface area contributed by atoms with Crippen LogP contribution in [0, 0.1) is 11.8 Å². The first-order valence-corrected chi connectivity index (χ1v) is 8.68. The Morgan fingerprint density at radius 1 is 1.26 bits per heavy atom. The van der Waals surface area contributed by atoms with Gasteiger partial charge in [-0.1, -0.05) is 36.2 Å². The van der Waals surface area contributed by atoms with Gasteiger partial charge in [-0.15, -0.1) is 12.4 Å². The highest BCUT2D eigenvalue weighted by atomic mass is 35.5. The second-order valence-corrected chi connectivity index (χ2v) is 7.05. The van der Waals surface area contributed by atoms with Gasteiger partial charge < -0.3 is 10.6 Å². The third-order valence-electron chi connectivity index (χ3n) is 4.52. The predicted molar refractivity (Wildman–Crippen MR) is 99.6 cm³/mol. The van der Waals surface area contributed by atoms with Crippen molar-refractivity contribution < 1.29 is 4.79 Å². The fourth-order valence-corrected chi connectivity index (χ4v) is 3.34. The number of carbonyl (C=O) groups is 1. The molecular formula is C17H25Cl3N2O. The highest BCUT2D eigenvalue weighted by Crippen LogP contribution is 2.27. The number of hydrogen-bond donors (Lipinski definition) is 2. The first-order chi connectivity index (χ1) is 10.5. The van der Waals surface area contributed by atoms with Crippen LogP contribution in [0.15, 0.2) is 18.2 Å². The SMILES string of the molecule is CC(NC(=O)CC(C)C1CCNCC1)c1ccc(Cl)c(Cl)c1.Cl. The van der Waals surface area contributed by atoms with E-state index in [0.717, 1.165) is 31.5 Å². The van der Waals surface area contributed by atoms with E-state index in [1.165, 1.54) is 0 Å². The molecule has 0 saturated carbocycles. The second kappa shape index (κ2) is 9.73. The minimum Gasteiger partial charge on any atom is -0.350 e. The molecule has 1 fully saturated rings. The van der Waals surface area contributed by atoms with Crippen LogP contribution < -0.4 is 10.6 Å². The number of carbonyl (C=O) groups excluding carboxylic acids is 1. The molecule has 0 aliphatic carbocycles. The van der Waals surface area contributed by atoms with Crippen LogP contribution in [0.2, 0.25) is 10.0 Å². The summed E-state index contributed by atoms with van der Waals surface area (Å²) in [5, 5.41) is 7.47. The molecule has 0 aromatic heterocycles. The molecule has 2 N–H and O–H groups in total. The molecule has 2 atom stereocenters. The Kier molecular flexibility index (Phi) is 8.70. The van der Waals surface area contributed by atoms with Crippen LogP contribution >= 0.6 is 35.6 Å². The molecule has 1 saturated heterocycles. The lowest BCUT2D eigenvalue weighted by Crippen LogP contribution is -2.34. The van der Waals surface area contributed by atoms with Gasteiger partial charge in [-0.3, -0.25) is 4.79 Å². The number of hydrogen-bond acceptors (Lipinski definition) is 2. The number of piperidine rings is 1. The fraction of sp³-hybridized carbons (Fsp3) is 0.588. The Balaban J connectivity index is 0.00000264. The lowest BCUT2D eigenvalue weighted by molar-refractivity contribution is -0.123. The monoisotopic (exact) mass is 378 g/mol. The van der Waals surface area contributed by atoms with Crippen LogP contribution in [0.25, 0.3) is 0 Å². The first-order valence-electron chi connectivity index (χ1n) is 7.92. The van der Waals surface area contributed by atoms with Crippen LogP contribution in [0.3, 0.4) is 0 Å². The van der Waals surface area contributed by atoms with Gasteiger partial charge in [-0.2, -0.15) is 0 Å². The standard InChI is InChI=1S/C17H24Cl2N2O.ClH/c1-11(13-5-7-20-8-6-13)9-17(22)21-12(2)14-3-4-15(18)16(19)10-14;/h3-4,10-13,20H,5-9H2,1-2H3,(H,21,22);1H. The van der Waals surface area contributed by atoms with E-state index >= 15 is 0 Å². The molecule has 6 heteroatoms. The zero-order valence-electron chi connectivity index (χ0n) is 13.6. The van der Waals surface area contributed by atoms with E-state index in [2.05, 4.69) is 17.6 Å². The van der Waals surface area contributed by atoms with Gasteiger partial charge in [0.05, 0.1) is 16.1 Å². The van der Waals surface area contributed by atoms with Crippen molar-refractivity contribution in [3.05, 3.63) is 33.8 Å². The molecule has 0 bridgehead atoms. The molecular weight excluding hydrogens is 355 g/mol. The van der Waals surface area contributed by atoms with Crippen LogP contribution in [0.1, 0.15) is 44.7 Å². The second-order valence-electron chi connectivity index (χ2n) is 6.23. The number of nitrogens with one attached hydrogen (secondary N) is 2. The topological polar surface area (TPSA) is 41.1 Å². The molecule has 2 unspecified atom stereocenters. The number of halogens is 3. The van der Waals surface area contributed by atoms with Crippen LogP contribution in [-0.2, 0) is 4.79 Å². The Morgan fingerprint density at radius 3 is 2.52 bits per heavy atom. The molecule has 130 valence electrons. The molecule has 0 spiro atoms. The summed E-state index contributed by atoms with van der Waals surface area (Å²) < 4.78 is 0. The molecule has 2 rings (SSSR count). The molecule has 1 amide bonds. The average molecular weight is 380 g/mol. The van der Waals surface area contributed by atoms with E-state index in [9.17, 15) is 4.79 Å². The predicted octanol–water partition coefficient (Wildman–Crippen LogP) is 4.62. The van der Waals surface area contributed by atoms with Crippen molar-refractivity contribution >= 4 is 41.5 Å². The van der Waals surface area contributed by atoms with Gasteiger partial charge >= 0.3 is 0 Å². The largest absolute Gasteiger partial charge is 0.350 e. The van der Waals surface area contributed by atoms with E-state index in [1.807, 2.05) is 19.1 Å². The molecule has 23 heavy (non-hydrogen) atoms. The van der Waals surface area contributed by atoms with Gasteiger partial charge in [0.2, 0.25) is 5.91 Å². The normalized spacial score (nSPS) is 17.9. The van der Waals surface area contributed by atoms with Gasteiger partial charge in [-0.25, -0.2) is 0 Å². The van der Waals surface area contributed by atoms with Crippen molar-refractivity contribution in [3.8, 4) is 0 Å². The van der Waals surface area contributed by atoms with E-state index < -0.39 is 0 Å². The van der Waals surface area contributed by atoms with Crippen molar-refractivity contribution in [2.24, 2.45) is 11.8 Å². The molecule has 1 aromatic rings. The van der Waals surface area contributed by atoms with Gasteiger partial charge in [0.25, 0.3) is 0 Å². The summed E-state index contributed by atoms with van der Waals surface area (Å²) in [6.45, 7) is 6.28. The Bertz CT molecular complexity index is 519. The van der Waals surface area contributed by atoms with E-state index in [1.54, 1.807) is 6.07 Å². The van der Waals surface area contributed by atoms with E-state index in [4.69, 9.17) is 23.2 Å². The van der Waals surface area contributed by atoms with Crippen LogP contribution in [0.5, 0.6) is 0 Å². The molecule has 1 aliphatic heterocycles. The summed E-state index contributed by atoms with van der Waals surface area (Å²) in [4.78, 5) is 12.2. The zero-order chi connectivity index (χ0) is 16.1. The average Bonchev–Trinajstić information content (AvgIpc) is 2.50. The quantitative estimate of drug-likeness (QED) is 0.784. The number of benzene rings is 1. The zero-order valence-corrected chi connectivity index (χ0v) is 15.9. The maximum absolute atomic E-state index is 12.2. The molecule has 1 aromatic carbocycles. The van der Waals surface area contributed by atoms with Crippen molar-refractivity contribution in [3.63, 3.8) is 0 Å². The van der Waals surface area contributed by atoms with Crippen molar-refractivity contribution in [2.45, 2.75) is 39.2 Å². The van der Waals surface area contributed by atoms with E-state index in [-0.39, 0.29) is 24.4 Å². The van der Waals surface area contributed by atoms with Crippen LogP contribution in [0.4, 0.5) is 0 Å². The number of rotatable bonds is 5. The highest BCUT2D eigenvalue weighted by Gasteiger charge is 2.22. The lowest BCUT2D eigenvalue weighted by atomic mass is 9.84. The van der Waals surface area contributed by atoms with Crippen molar-refractivity contribution in [1.29, 1.82) is 0 Å². The minimum absolute atomic E-state index is 0. The van der Waals surface area contributed by atoms with Crippen LogP contribution in [-0.4, -0.2) is 19.0 Å². The maximum Gasteiger partial charge on any atom is 0.220 e. The van der Waals surface area contributed by atoms with Crippen molar-refractivity contribution in [1.82, 2.24) is 10.6 Å². The molecule has 1 aliphatic rings. The summed E-state index contributed by atoms with van der Waals surface area (Å²) in [6.07, 6.45) is 2.91. The molecule has 3 nitrogen and oxygen atoms in total. The smallest absolute Gasteiger partial charge is 0.220 e. The van der Waals surface area contributed by atoms with Gasteiger partial charge in [-0.05, 0) is 62.4 Å². The van der Waals surface area contributed by atoms with Gasteiger partial charge in [0.15, 0.2) is 0 Å². The summed E-state index contributed by atoms with van der Waals surface area (Å²) in [5.74, 6) is 1.17. The summed E-state index contributed by atoms with van der Waals surface area (Å²) in [5.41, 5.74) is 0.970. The lowest BCUT2D eigenvalue weighted by Gasteiger charge is -2.28. The van der Waals surface area contributed by atoms with E-state index in [0.29, 0.717) is 28.3 Å². The maximum atomic E-state index is 12.2. The summed E-state index contributed by atoms with van der Waals surface area (Å²) in [7, 11) is 0. The third-order valence-corrected chi connectivity index (χ3v) is 5.26. The third kappa shape index (κ3) is 6.15. The van der Waals surface area contributed by atoms with Gasteiger partial charge in [0, 0.05) is 6.42 Å². The highest BCUT2D eigenvalue weighted by molar-refractivity contribution is 6.42. The molecule has 1 heterocycles. The fourth-order valence-electron chi connectivity index (χ4n) is 3.04. The first kappa shape index (κ1) is 20.6. The minimum atomic E-state index is -0.0671.